The summed E-state index contributed by atoms with van der Waals surface area (Å²) in [6.07, 6.45) is 4.75. The van der Waals surface area contributed by atoms with Gasteiger partial charge in [-0.25, -0.2) is 0 Å². The Bertz CT molecular complexity index is 562. The number of ether oxygens (including phenoxy) is 1. The maximum atomic E-state index is 6.16. The third-order valence-electron chi connectivity index (χ3n) is 4.98. The summed E-state index contributed by atoms with van der Waals surface area (Å²) in [7, 11) is 0. The van der Waals surface area contributed by atoms with Gasteiger partial charge in [-0.1, -0.05) is 18.1 Å². The molecule has 1 saturated heterocycles. The third kappa shape index (κ3) is 4.25. The molecule has 3 rings (SSSR count). The standard InChI is InChI=1S/C19H28N2O2/c1-4-16-12-19(23-20-16)13-21-9-7-17(8-10-21)22-18-6-5-14(2)15(3)11-18/h5-6,11,17,19H,4,7-10,12-13H2,1-3H3. The van der Waals surface area contributed by atoms with Crippen LogP contribution in [0.4, 0.5) is 0 Å². The first kappa shape index (κ1) is 16.3. The van der Waals surface area contributed by atoms with Crippen LogP contribution in [0.25, 0.3) is 0 Å². The maximum absolute atomic E-state index is 6.16. The van der Waals surface area contributed by atoms with E-state index in [0.29, 0.717) is 6.10 Å². The number of nitrogens with zero attached hydrogens (tertiary/aromatic N) is 2. The fraction of sp³-hybridized carbons (Fsp3) is 0.632. The molecule has 2 heterocycles. The van der Waals surface area contributed by atoms with E-state index in [1.165, 1.54) is 16.8 Å². The molecule has 0 spiro atoms. The maximum Gasteiger partial charge on any atom is 0.145 e. The Morgan fingerprint density at radius 1 is 1.22 bits per heavy atom. The highest BCUT2D eigenvalue weighted by atomic mass is 16.6. The molecule has 0 N–H and O–H groups in total. The molecule has 1 atom stereocenters. The smallest absolute Gasteiger partial charge is 0.145 e. The number of benzene rings is 1. The average molecular weight is 316 g/mol. The van der Waals surface area contributed by atoms with Gasteiger partial charge in [0.2, 0.25) is 0 Å². The van der Waals surface area contributed by atoms with E-state index in [0.717, 1.165) is 51.1 Å². The molecule has 4 heteroatoms. The SMILES string of the molecule is CCC1=NOC(CN2CCC(Oc3ccc(C)c(C)c3)CC2)C1. The average Bonchev–Trinajstić information content (AvgIpc) is 3.00. The zero-order chi connectivity index (χ0) is 16.2. The number of oxime groups is 1. The van der Waals surface area contributed by atoms with Crippen molar-refractivity contribution >= 4 is 5.71 Å². The molecule has 0 saturated carbocycles. The number of hydrogen-bond acceptors (Lipinski definition) is 4. The predicted octanol–water partition coefficient (Wildman–Crippen LogP) is 3.70. The summed E-state index contributed by atoms with van der Waals surface area (Å²) in [5, 5.41) is 4.15. The summed E-state index contributed by atoms with van der Waals surface area (Å²) in [6, 6.07) is 6.38. The lowest BCUT2D eigenvalue weighted by Crippen LogP contribution is -2.42. The highest BCUT2D eigenvalue weighted by Gasteiger charge is 2.26. The van der Waals surface area contributed by atoms with E-state index >= 15 is 0 Å². The molecule has 4 nitrogen and oxygen atoms in total. The minimum atomic E-state index is 0.252. The minimum Gasteiger partial charge on any atom is -0.490 e. The molecule has 126 valence electrons. The molecule has 0 radical (unpaired) electrons. The zero-order valence-electron chi connectivity index (χ0n) is 14.5. The van der Waals surface area contributed by atoms with Crippen LogP contribution in [0.3, 0.4) is 0 Å². The summed E-state index contributed by atoms with van der Waals surface area (Å²) in [5.74, 6) is 1.01. The van der Waals surface area contributed by atoms with Crippen LogP contribution in [0.5, 0.6) is 5.75 Å². The van der Waals surface area contributed by atoms with Crippen LogP contribution in [-0.2, 0) is 4.84 Å². The van der Waals surface area contributed by atoms with Crippen molar-refractivity contribution in [2.24, 2.45) is 5.16 Å². The fourth-order valence-corrected chi connectivity index (χ4v) is 3.27. The van der Waals surface area contributed by atoms with Crippen LogP contribution in [0.2, 0.25) is 0 Å². The second-order valence-electron chi connectivity index (χ2n) is 6.81. The zero-order valence-corrected chi connectivity index (χ0v) is 14.5. The van der Waals surface area contributed by atoms with Crippen molar-refractivity contribution < 1.29 is 9.57 Å². The molecule has 1 aromatic carbocycles. The molecule has 0 aliphatic carbocycles. The molecule has 2 aliphatic heterocycles. The Hall–Kier alpha value is -1.55. The van der Waals surface area contributed by atoms with Gasteiger partial charge >= 0.3 is 0 Å². The van der Waals surface area contributed by atoms with E-state index in [2.05, 4.69) is 49.0 Å². The molecule has 0 bridgehead atoms. The number of hydrogen-bond donors (Lipinski definition) is 0. The predicted molar refractivity (Wildman–Crippen MR) is 93.2 cm³/mol. The van der Waals surface area contributed by atoms with Crippen molar-refractivity contribution in [2.75, 3.05) is 19.6 Å². The normalized spacial score (nSPS) is 22.7. The Balaban J connectivity index is 1.42. The van der Waals surface area contributed by atoms with Gasteiger partial charge in [0.05, 0.1) is 5.71 Å². The Kier molecular flexibility index (Phi) is 5.21. The lowest BCUT2D eigenvalue weighted by Gasteiger charge is -2.33. The summed E-state index contributed by atoms with van der Waals surface area (Å²) < 4.78 is 6.16. The van der Waals surface area contributed by atoms with Crippen LogP contribution in [0, 0.1) is 13.8 Å². The first-order valence-corrected chi connectivity index (χ1v) is 8.82. The first-order valence-electron chi connectivity index (χ1n) is 8.82. The van der Waals surface area contributed by atoms with Crippen LogP contribution >= 0.6 is 0 Å². The topological polar surface area (TPSA) is 34.1 Å². The Morgan fingerprint density at radius 3 is 2.65 bits per heavy atom. The van der Waals surface area contributed by atoms with Gasteiger partial charge in [-0.3, -0.25) is 4.90 Å². The van der Waals surface area contributed by atoms with Crippen molar-refractivity contribution in [1.82, 2.24) is 4.90 Å². The van der Waals surface area contributed by atoms with E-state index < -0.39 is 0 Å². The molecule has 1 aromatic rings. The van der Waals surface area contributed by atoms with E-state index in [4.69, 9.17) is 9.57 Å². The lowest BCUT2D eigenvalue weighted by molar-refractivity contribution is 0.0306. The molecule has 1 unspecified atom stereocenters. The third-order valence-corrected chi connectivity index (χ3v) is 4.98. The quantitative estimate of drug-likeness (QED) is 0.830. The van der Waals surface area contributed by atoms with Crippen molar-refractivity contribution in [3.8, 4) is 5.75 Å². The fourth-order valence-electron chi connectivity index (χ4n) is 3.27. The molecular formula is C19H28N2O2. The lowest BCUT2D eigenvalue weighted by atomic mass is 10.1. The molecular weight excluding hydrogens is 288 g/mol. The Morgan fingerprint density at radius 2 is 2.00 bits per heavy atom. The number of rotatable bonds is 5. The van der Waals surface area contributed by atoms with E-state index in [9.17, 15) is 0 Å². The van der Waals surface area contributed by atoms with Gasteiger partial charge in [-0.2, -0.15) is 0 Å². The van der Waals surface area contributed by atoms with Crippen molar-refractivity contribution in [3.63, 3.8) is 0 Å². The van der Waals surface area contributed by atoms with Crippen LogP contribution in [0.1, 0.15) is 43.7 Å². The van der Waals surface area contributed by atoms with Gasteiger partial charge in [0.1, 0.15) is 18.0 Å². The molecule has 23 heavy (non-hydrogen) atoms. The van der Waals surface area contributed by atoms with Crippen molar-refractivity contribution in [1.29, 1.82) is 0 Å². The first-order chi connectivity index (χ1) is 11.1. The van der Waals surface area contributed by atoms with E-state index in [1.54, 1.807) is 0 Å². The molecule has 0 aromatic heterocycles. The highest BCUT2D eigenvalue weighted by molar-refractivity contribution is 5.85. The van der Waals surface area contributed by atoms with Crippen LogP contribution in [-0.4, -0.2) is 42.5 Å². The second-order valence-corrected chi connectivity index (χ2v) is 6.81. The van der Waals surface area contributed by atoms with Crippen LogP contribution in [0.15, 0.2) is 23.4 Å². The van der Waals surface area contributed by atoms with Gasteiger partial charge in [-0.15, -0.1) is 0 Å². The molecule has 0 amide bonds. The van der Waals surface area contributed by atoms with Crippen molar-refractivity contribution in [3.05, 3.63) is 29.3 Å². The Labute approximate surface area is 139 Å². The van der Waals surface area contributed by atoms with E-state index in [-0.39, 0.29) is 6.10 Å². The second kappa shape index (κ2) is 7.35. The highest BCUT2D eigenvalue weighted by Crippen LogP contribution is 2.22. The summed E-state index contributed by atoms with van der Waals surface area (Å²) >= 11 is 0. The minimum absolute atomic E-state index is 0.252. The summed E-state index contributed by atoms with van der Waals surface area (Å²) in [5.41, 5.74) is 3.81. The van der Waals surface area contributed by atoms with Gasteiger partial charge in [0.25, 0.3) is 0 Å². The van der Waals surface area contributed by atoms with Gasteiger partial charge in [0.15, 0.2) is 0 Å². The van der Waals surface area contributed by atoms with Gasteiger partial charge in [-0.05, 0) is 56.4 Å². The van der Waals surface area contributed by atoms with E-state index in [1.807, 2.05) is 0 Å². The summed E-state index contributed by atoms with van der Waals surface area (Å²) in [6.45, 7) is 9.56. The number of piperidine rings is 1. The van der Waals surface area contributed by atoms with Gasteiger partial charge in [0, 0.05) is 26.1 Å². The molecule has 1 fully saturated rings. The molecule has 2 aliphatic rings. The monoisotopic (exact) mass is 316 g/mol. The summed E-state index contributed by atoms with van der Waals surface area (Å²) in [4.78, 5) is 8.01. The number of likely N-dealkylation sites (tertiary alicyclic amines) is 1. The van der Waals surface area contributed by atoms with Crippen LogP contribution < -0.4 is 4.74 Å². The van der Waals surface area contributed by atoms with Crippen molar-refractivity contribution in [2.45, 2.75) is 58.7 Å². The van der Waals surface area contributed by atoms with Gasteiger partial charge < -0.3 is 9.57 Å². The number of aryl methyl sites for hydroxylation is 2. The largest absolute Gasteiger partial charge is 0.490 e.